The van der Waals surface area contributed by atoms with Crippen molar-refractivity contribution in [3.8, 4) is 11.5 Å². The zero-order valence-electron chi connectivity index (χ0n) is 23.9. The van der Waals surface area contributed by atoms with Crippen molar-refractivity contribution in [2.24, 2.45) is 0 Å². The molecule has 0 saturated heterocycles. The molecule has 8 heteroatoms. The number of aliphatic hydroxyl groups is 2. The number of aromatic nitrogens is 2. The van der Waals surface area contributed by atoms with Crippen LogP contribution in [0, 0.1) is 13.8 Å². The smallest absolute Gasteiger partial charge is 0.125 e. The summed E-state index contributed by atoms with van der Waals surface area (Å²) in [5, 5.41) is 41.1. The molecule has 2 aromatic carbocycles. The van der Waals surface area contributed by atoms with Gasteiger partial charge in [-0.05, 0) is 44.5 Å². The summed E-state index contributed by atoms with van der Waals surface area (Å²) >= 11 is 0. The van der Waals surface area contributed by atoms with Crippen molar-refractivity contribution in [2.45, 2.75) is 59.7 Å². The van der Waals surface area contributed by atoms with Gasteiger partial charge in [-0.25, -0.2) is 0 Å². The first kappa shape index (κ1) is 30.1. The third-order valence-electron chi connectivity index (χ3n) is 7.13. The third kappa shape index (κ3) is 8.58. The molecule has 0 amide bonds. The van der Waals surface area contributed by atoms with E-state index in [2.05, 4.69) is 19.8 Å². The second-order valence-corrected chi connectivity index (χ2v) is 10.6. The molecule has 216 valence electrons. The van der Waals surface area contributed by atoms with Crippen LogP contribution in [-0.2, 0) is 39.4 Å². The number of hydrogen-bond donors (Lipinski definition) is 4. The van der Waals surface area contributed by atoms with Crippen molar-refractivity contribution in [1.29, 1.82) is 0 Å². The van der Waals surface area contributed by atoms with Gasteiger partial charge in [-0.3, -0.25) is 19.8 Å². The molecule has 0 aliphatic heterocycles. The molecular formula is C33H40N4O4. The number of phenols is 2. The Morgan fingerprint density at radius 2 is 1.00 bits per heavy atom. The first-order valence-electron chi connectivity index (χ1n) is 13.9. The average Bonchev–Trinajstić information content (AvgIpc) is 2.97. The van der Waals surface area contributed by atoms with E-state index in [-0.39, 0.29) is 24.7 Å². The fourth-order valence-corrected chi connectivity index (χ4v) is 5.22. The van der Waals surface area contributed by atoms with Crippen molar-refractivity contribution in [1.82, 2.24) is 19.8 Å². The maximum Gasteiger partial charge on any atom is 0.125 e. The molecule has 0 fully saturated rings. The number of aryl methyl sites for hydroxylation is 2. The highest BCUT2D eigenvalue weighted by molar-refractivity contribution is 5.44. The molecule has 0 saturated carbocycles. The normalized spacial score (nSPS) is 11.5. The van der Waals surface area contributed by atoms with Crippen molar-refractivity contribution < 1.29 is 20.4 Å². The maximum atomic E-state index is 10.8. The Morgan fingerprint density at radius 3 is 1.37 bits per heavy atom. The molecule has 0 unspecified atom stereocenters. The van der Waals surface area contributed by atoms with E-state index in [0.717, 1.165) is 53.2 Å². The van der Waals surface area contributed by atoms with Crippen LogP contribution in [0.5, 0.6) is 11.5 Å². The first-order valence-corrected chi connectivity index (χ1v) is 13.9. The van der Waals surface area contributed by atoms with Crippen molar-refractivity contribution in [2.75, 3.05) is 13.1 Å². The van der Waals surface area contributed by atoms with Crippen LogP contribution in [0.15, 0.2) is 73.1 Å². The molecule has 2 aromatic heterocycles. The lowest BCUT2D eigenvalue weighted by molar-refractivity contribution is 0.202. The minimum Gasteiger partial charge on any atom is -0.507 e. The SMILES string of the molecule is Cc1cc(CO)c(O)c(CN(CCCN(Cc2ccccn2)Cc2cc(C)cc(CO)c2O)Cc2ccccn2)c1. The van der Waals surface area contributed by atoms with Crippen molar-refractivity contribution in [3.05, 3.63) is 118 Å². The largest absolute Gasteiger partial charge is 0.507 e. The average molecular weight is 557 g/mol. The van der Waals surface area contributed by atoms with Gasteiger partial charge in [-0.1, -0.05) is 47.5 Å². The van der Waals surface area contributed by atoms with E-state index >= 15 is 0 Å². The predicted molar refractivity (Wildman–Crippen MR) is 159 cm³/mol. The van der Waals surface area contributed by atoms with Gasteiger partial charge in [0.05, 0.1) is 24.6 Å². The van der Waals surface area contributed by atoms with E-state index in [1.807, 2.05) is 62.4 Å². The zero-order valence-corrected chi connectivity index (χ0v) is 23.9. The Kier molecular flexibility index (Phi) is 10.8. The number of hydrogen-bond acceptors (Lipinski definition) is 8. The van der Waals surface area contributed by atoms with Crippen LogP contribution in [0.4, 0.5) is 0 Å². The third-order valence-corrected chi connectivity index (χ3v) is 7.13. The van der Waals surface area contributed by atoms with E-state index in [0.29, 0.717) is 37.3 Å². The van der Waals surface area contributed by atoms with Crippen LogP contribution in [0.25, 0.3) is 0 Å². The molecule has 4 rings (SSSR count). The molecule has 0 aliphatic rings. The Morgan fingerprint density at radius 1 is 0.585 bits per heavy atom. The van der Waals surface area contributed by atoms with Gasteiger partial charge in [0.25, 0.3) is 0 Å². The minimum absolute atomic E-state index is 0.135. The second kappa shape index (κ2) is 14.7. The molecule has 41 heavy (non-hydrogen) atoms. The molecule has 0 spiro atoms. The van der Waals surface area contributed by atoms with E-state index in [1.165, 1.54) is 0 Å². The van der Waals surface area contributed by atoms with E-state index in [9.17, 15) is 20.4 Å². The van der Waals surface area contributed by atoms with E-state index < -0.39 is 0 Å². The Balaban J connectivity index is 1.53. The fourth-order valence-electron chi connectivity index (χ4n) is 5.22. The van der Waals surface area contributed by atoms with Gasteiger partial charge in [0.15, 0.2) is 0 Å². The molecule has 2 heterocycles. The number of rotatable bonds is 14. The van der Waals surface area contributed by atoms with Crippen molar-refractivity contribution in [3.63, 3.8) is 0 Å². The van der Waals surface area contributed by atoms with Gasteiger partial charge in [0.2, 0.25) is 0 Å². The molecule has 4 N–H and O–H groups in total. The quantitative estimate of drug-likeness (QED) is 0.179. The number of aliphatic hydroxyl groups excluding tert-OH is 2. The fraction of sp³-hybridized carbons (Fsp3) is 0.333. The van der Waals surface area contributed by atoms with Crippen LogP contribution in [0.3, 0.4) is 0 Å². The number of aromatic hydroxyl groups is 2. The van der Waals surface area contributed by atoms with Crippen LogP contribution in [0.1, 0.15) is 51.2 Å². The van der Waals surface area contributed by atoms with Crippen LogP contribution >= 0.6 is 0 Å². The van der Waals surface area contributed by atoms with Crippen molar-refractivity contribution >= 4 is 0 Å². The summed E-state index contributed by atoms with van der Waals surface area (Å²) in [6.07, 6.45) is 4.38. The topological polar surface area (TPSA) is 113 Å². The summed E-state index contributed by atoms with van der Waals surface area (Å²) in [5.74, 6) is 0.269. The molecule has 0 atom stereocenters. The zero-order chi connectivity index (χ0) is 29.2. The molecule has 8 nitrogen and oxygen atoms in total. The molecular weight excluding hydrogens is 516 g/mol. The van der Waals surface area contributed by atoms with E-state index in [4.69, 9.17) is 0 Å². The van der Waals surface area contributed by atoms with Gasteiger partial charge in [0.1, 0.15) is 11.5 Å². The van der Waals surface area contributed by atoms with Gasteiger partial charge < -0.3 is 20.4 Å². The maximum absolute atomic E-state index is 10.8. The summed E-state index contributed by atoms with van der Waals surface area (Å²) in [4.78, 5) is 13.5. The number of benzene rings is 2. The van der Waals surface area contributed by atoms with Gasteiger partial charge >= 0.3 is 0 Å². The molecule has 4 aromatic rings. The molecule has 0 radical (unpaired) electrons. The summed E-state index contributed by atoms with van der Waals surface area (Å²) in [5.41, 5.74) is 6.46. The standard InChI is InChI=1S/C33H40N4O4/c1-24-14-26(32(40)28(16-24)22-38)18-36(20-30-8-3-5-10-34-30)12-7-13-37(21-31-9-4-6-11-35-31)19-27-15-25(2)17-29(23-39)33(27)41/h3-6,8-11,14-17,38-41H,7,12-13,18-23H2,1-2H3. The second-order valence-electron chi connectivity index (χ2n) is 10.6. The molecule has 0 bridgehead atoms. The number of nitrogens with zero attached hydrogens (tertiary/aromatic N) is 4. The van der Waals surface area contributed by atoms with E-state index in [1.54, 1.807) is 24.5 Å². The summed E-state index contributed by atoms with van der Waals surface area (Å²) < 4.78 is 0. The number of pyridine rings is 2. The highest BCUT2D eigenvalue weighted by Crippen LogP contribution is 2.28. The Labute approximate surface area is 242 Å². The van der Waals surface area contributed by atoms with Crippen LogP contribution in [-0.4, -0.2) is 53.3 Å². The summed E-state index contributed by atoms with van der Waals surface area (Å²) in [6.45, 7) is 7.21. The van der Waals surface area contributed by atoms with Gasteiger partial charge in [0, 0.05) is 73.9 Å². The summed E-state index contributed by atoms with van der Waals surface area (Å²) in [7, 11) is 0. The lowest BCUT2D eigenvalue weighted by Gasteiger charge is -2.27. The summed E-state index contributed by atoms with van der Waals surface area (Å²) in [6, 6.07) is 19.3. The monoisotopic (exact) mass is 556 g/mol. The Bertz CT molecular complexity index is 1290. The lowest BCUT2D eigenvalue weighted by Crippen LogP contribution is -2.30. The Hall–Kier alpha value is -3.82. The van der Waals surface area contributed by atoms with Gasteiger partial charge in [-0.15, -0.1) is 0 Å². The highest BCUT2D eigenvalue weighted by atomic mass is 16.3. The lowest BCUT2D eigenvalue weighted by atomic mass is 10.0. The van der Waals surface area contributed by atoms with Crippen LogP contribution in [0.2, 0.25) is 0 Å². The first-order chi connectivity index (χ1) is 19.9. The highest BCUT2D eigenvalue weighted by Gasteiger charge is 2.17. The molecule has 0 aliphatic carbocycles. The minimum atomic E-state index is -0.215. The van der Waals surface area contributed by atoms with Gasteiger partial charge in [-0.2, -0.15) is 0 Å². The van der Waals surface area contributed by atoms with Crippen LogP contribution < -0.4 is 0 Å². The predicted octanol–water partition coefficient (Wildman–Crippen LogP) is 4.58.